The third-order valence-electron chi connectivity index (χ3n) is 5.13. The summed E-state index contributed by atoms with van der Waals surface area (Å²) in [7, 11) is 1.84. The number of phenolic OH excluding ortho intramolecular Hbond substituents is 1. The number of hydrogen-bond acceptors (Lipinski definition) is 7. The van der Waals surface area contributed by atoms with Crippen molar-refractivity contribution < 1.29 is 5.11 Å². The van der Waals surface area contributed by atoms with Crippen LogP contribution in [0.15, 0.2) is 55.2 Å². The predicted molar refractivity (Wildman–Crippen MR) is 133 cm³/mol. The van der Waals surface area contributed by atoms with E-state index in [9.17, 15) is 5.11 Å². The molecule has 5 N–H and O–H groups in total. The average Bonchev–Trinajstić information content (AvgIpc) is 3.22. The highest BCUT2D eigenvalue weighted by Crippen LogP contribution is 2.35. The molecule has 9 heteroatoms. The van der Waals surface area contributed by atoms with Gasteiger partial charge in [-0.15, -0.1) is 0 Å². The SMILES string of the molecule is C=C(NC)c1ccc(-c2cc(O)c(Nc3ncc(Cl)c(Nc4cc(C)[nH]n4)n3)cc2C)cc1. The van der Waals surface area contributed by atoms with Gasteiger partial charge in [0.05, 0.1) is 11.9 Å². The molecule has 33 heavy (non-hydrogen) atoms. The van der Waals surface area contributed by atoms with E-state index in [1.165, 1.54) is 6.20 Å². The summed E-state index contributed by atoms with van der Waals surface area (Å²) in [6.45, 7) is 7.86. The number of aromatic hydroxyl groups is 1. The Bertz CT molecular complexity index is 1320. The van der Waals surface area contributed by atoms with Crippen LogP contribution in [0.25, 0.3) is 16.8 Å². The maximum absolute atomic E-state index is 10.7. The fourth-order valence-electron chi connectivity index (χ4n) is 3.34. The van der Waals surface area contributed by atoms with Crippen LogP contribution in [0.2, 0.25) is 5.02 Å². The van der Waals surface area contributed by atoms with E-state index in [2.05, 4.69) is 42.7 Å². The average molecular weight is 462 g/mol. The first-order chi connectivity index (χ1) is 15.8. The number of phenols is 1. The van der Waals surface area contributed by atoms with Crippen LogP contribution in [-0.4, -0.2) is 32.3 Å². The number of rotatable bonds is 7. The van der Waals surface area contributed by atoms with E-state index in [1.807, 2.05) is 57.3 Å². The Morgan fingerprint density at radius 3 is 2.52 bits per heavy atom. The van der Waals surface area contributed by atoms with Crippen molar-refractivity contribution >= 4 is 40.6 Å². The van der Waals surface area contributed by atoms with E-state index in [0.717, 1.165) is 33.6 Å². The van der Waals surface area contributed by atoms with E-state index in [0.29, 0.717) is 22.3 Å². The van der Waals surface area contributed by atoms with Crippen molar-refractivity contribution in [1.82, 2.24) is 25.5 Å². The van der Waals surface area contributed by atoms with Gasteiger partial charge in [0.15, 0.2) is 11.6 Å². The van der Waals surface area contributed by atoms with Gasteiger partial charge in [0.1, 0.15) is 10.8 Å². The molecule has 0 saturated heterocycles. The first-order valence-electron chi connectivity index (χ1n) is 10.2. The number of anilines is 4. The molecule has 0 bridgehead atoms. The lowest BCUT2D eigenvalue weighted by Crippen LogP contribution is -2.03. The van der Waals surface area contributed by atoms with Crippen LogP contribution in [0.1, 0.15) is 16.8 Å². The molecule has 0 aliphatic heterocycles. The molecule has 0 unspecified atom stereocenters. The van der Waals surface area contributed by atoms with E-state index in [1.54, 1.807) is 6.07 Å². The second-order valence-corrected chi connectivity index (χ2v) is 7.97. The third kappa shape index (κ3) is 4.91. The number of nitrogens with zero attached hydrogens (tertiary/aromatic N) is 3. The summed E-state index contributed by atoms with van der Waals surface area (Å²) >= 11 is 6.23. The molecule has 0 aliphatic carbocycles. The van der Waals surface area contributed by atoms with Gasteiger partial charge in [-0.2, -0.15) is 10.1 Å². The Labute approximate surface area is 196 Å². The molecule has 2 aromatic carbocycles. The van der Waals surface area contributed by atoms with Crippen molar-refractivity contribution in [2.45, 2.75) is 13.8 Å². The van der Waals surface area contributed by atoms with Crippen LogP contribution in [0.3, 0.4) is 0 Å². The topological polar surface area (TPSA) is 111 Å². The van der Waals surface area contributed by atoms with E-state index in [4.69, 9.17) is 11.6 Å². The number of halogens is 1. The zero-order chi connectivity index (χ0) is 23.5. The molecule has 4 rings (SSSR count). The smallest absolute Gasteiger partial charge is 0.229 e. The van der Waals surface area contributed by atoms with Gasteiger partial charge < -0.3 is 21.1 Å². The second-order valence-electron chi connectivity index (χ2n) is 7.57. The number of H-pyrrole nitrogens is 1. The van der Waals surface area contributed by atoms with Crippen LogP contribution in [0.4, 0.5) is 23.3 Å². The first-order valence-corrected chi connectivity index (χ1v) is 10.6. The molecule has 0 saturated carbocycles. The maximum atomic E-state index is 10.7. The van der Waals surface area contributed by atoms with E-state index >= 15 is 0 Å². The van der Waals surface area contributed by atoms with Crippen LogP contribution in [-0.2, 0) is 0 Å². The fourth-order valence-corrected chi connectivity index (χ4v) is 3.48. The van der Waals surface area contributed by atoms with Crippen molar-refractivity contribution in [1.29, 1.82) is 0 Å². The van der Waals surface area contributed by atoms with Gasteiger partial charge in [-0.1, -0.05) is 42.4 Å². The van der Waals surface area contributed by atoms with Gasteiger partial charge in [-0.05, 0) is 48.2 Å². The molecule has 4 aromatic rings. The zero-order valence-corrected chi connectivity index (χ0v) is 19.2. The summed E-state index contributed by atoms with van der Waals surface area (Å²) in [6.07, 6.45) is 1.48. The summed E-state index contributed by atoms with van der Waals surface area (Å²) < 4.78 is 0. The Kier molecular flexibility index (Phi) is 6.19. The summed E-state index contributed by atoms with van der Waals surface area (Å²) in [4.78, 5) is 8.63. The minimum Gasteiger partial charge on any atom is -0.506 e. The lowest BCUT2D eigenvalue weighted by molar-refractivity contribution is 0.478. The fraction of sp³-hybridized carbons (Fsp3) is 0.125. The van der Waals surface area contributed by atoms with Gasteiger partial charge in [0.2, 0.25) is 5.95 Å². The molecular weight excluding hydrogens is 438 g/mol. The largest absolute Gasteiger partial charge is 0.506 e. The molecule has 0 fully saturated rings. The van der Waals surface area contributed by atoms with Gasteiger partial charge in [-0.3, -0.25) is 5.10 Å². The molecule has 0 aliphatic rings. The lowest BCUT2D eigenvalue weighted by atomic mass is 9.98. The van der Waals surface area contributed by atoms with Crippen LogP contribution < -0.4 is 16.0 Å². The van der Waals surface area contributed by atoms with Crippen molar-refractivity contribution in [2.75, 3.05) is 17.7 Å². The number of benzene rings is 2. The Hall–Kier alpha value is -4.04. The highest BCUT2D eigenvalue weighted by Gasteiger charge is 2.12. The Morgan fingerprint density at radius 1 is 1.09 bits per heavy atom. The van der Waals surface area contributed by atoms with Gasteiger partial charge in [0, 0.05) is 24.5 Å². The highest BCUT2D eigenvalue weighted by atomic mass is 35.5. The summed E-state index contributed by atoms with van der Waals surface area (Å²) in [5.41, 5.74) is 6.15. The minimum atomic E-state index is 0.0790. The Morgan fingerprint density at radius 2 is 1.85 bits per heavy atom. The lowest BCUT2D eigenvalue weighted by Gasteiger charge is -2.14. The van der Waals surface area contributed by atoms with Crippen LogP contribution in [0.5, 0.6) is 5.75 Å². The number of nitrogens with one attached hydrogen (secondary N) is 4. The molecule has 2 heterocycles. The molecule has 2 aromatic heterocycles. The van der Waals surface area contributed by atoms with Crippen molar-refractivity contribution in [2.24, 2.45) is 0 Å². The Balaban J connectivity index is 1.57. The summed E-state index contributed by atoms with van der Waals surface area (Å²) in [5, 5.41) is 27.2. The number of aromatic amines is 1. The number of hydrogen-bond donors (Lipinski definition) is 5. The van der Waals surface area contributed by atoms with Crippen LogP contribution >= 0.6 is 11.6 Å². The third-order valence-corrected chi connectivity index (χ3v) is 5.41. The molecule has 0 spiro atoms. The molecule has 8 nitrogen and oxygen atoms in total. The summed E-state index contributed by atoms with van der Waals surface area (Å²) in [6, 6.07) is 13.4. The van der Waals surface area contributed by atoms with Gasteiger partial charge in [0.25, 0.3) is 0 Å². The van der Waals surface area contributed by atoms with Crippen molar-refractivity contribution in [3.05, 3.63) is 77.1 Å². The van der Waals surface area contributed by atoms with Crippen molar-refractivity contribution in [3.63, 3.8) is 0 Å². The first kappa shape index (κ1) is 22.2. The van der Waals surface area contributed by atoms with Gasteiger partial charge in [-0.25, -0.2) is 4.98 Å². The number of aryl methyl sites for hydroxylation is 2. The van der Waals surface area contributed by atoms with Crippen LogP contribution in [0, 0.1) is 13.8 Å². The highest BCUT2D eigenvalue weighted by molar-refractivity contribution is 6.32. The van der Waals surface area contributed by atoms with E-state index in [-0.39, 0.29) is 11.7 Å². The summed E-state index contributed by atoms with van der Waals surface area (Å²) in [5.74, 6) is 1.35. The predicted octanol–water partition coefficient (Wildman–Crippen LogP) is 5.52. The van der Waals surface area contributed by atoms with Gasteiger partial charge >= 0.3 is 0 Å². The minimum absolute atomic E-state index is 0.0790. The molecule has 168 valence electrons. The molecular formula is C24H24ClN7O. The molecule has 0 atom stereocenters. The quantitative estimate of drug-likeness (QED) is 0.230. The standard InChI is InChI=1S/C24H24ClN7O/c1-13-9-20(21(33)11-18(13)17-7-5-16(6-8-17)15(3)26-4)28-24-27-12-19(25)23(30-24)29-22-10-14(2)31-32-22/h5-12,26,33H,3H2,1-2,4H3,(H3,27,28,29,30,31,32). The second kappa shape index (κ2) is 9.22. The normalized spacial score (nSPS) is 10.7. The monoisotopic (exact) mass is 461 g/mol. The number of aromatic nitrogens is 4. The molecule has 0 radical (unpaired) electrons. The maximum Gasteiger partial charge on any atom is 0.229 e. The van der Waals surface area contributed by atoms with Crippen molar-refractivity contribution in [3.8, 4) is 16.9 Å². The molecule has 0 amide bonds. The van der Waals surface area contributed by atoms with E-state index < -0.39 is 0 Å². The zero-order valence-electron chi connectivity index (χ0n) is 18.5.